The topological polar surface area (TPSA) is 38.3 Å². The molecule has 0 heterocycles. The Hall–Kier alpha value is -4.20. The molecule has 0 aliphatic rings. The van der Waals surface area contributed by atoms with Gasteiger partial charge in [-0.3, -0.25) is 4.79 Å². The minimum atomic E-state index is -4.54. The Kier molecular flexibility index (Phi) is 7.86. The SMILES string of the molecule is O=C(Nc1ccc(C(F)(F)F)cc1CC/C=C/COc1c(F)cccc1F)c1ccc2ccccc2c1. The number of fused-ring (bicyclic) bond motifs is 1. The number of para-hydroxylation sites is 1. The molecule has 4 rings (SSSR count). The lowest BCUT2D eigenvalue weighted by Crippen LogP contribution is -2.14. The molecule has 4 aromatic rings. The van der Waals surface area contributed by atoms with Crippen molar-refractivity contribution in [1.82, 2.24) is 0 Å². The summed E-state index contributed by atoms with van der Waals surface area (Å²) in [5.41, 5.74) is 0.120. The van der Waals surface area contributed by atoms with Crippen LogP contribution in [0.5, 0.6) is 5.75 Å². The van der Waals surface area contributed by atoms with E-state index < -0.39 is 35.0 Å². The molecule has 4 aromatic carbocycles. The molecule has 8 heteroatoms. The van der Waals surface area contributed by atoms with Gasteiger partial charge in [-0.1, -0.05) is 48.6 Å². The van der Waals surface area contributed by atoms with Crippen LogP contribution in [0.25, 0.3) is 10.8 Å². The van der Waals surface area contributed by atoms with Crippen LogP contribution in [0.15, 0.2) is 91.0 Å². The number of benzene rings is 4. The highest BCUT2D eigenvalue weighted by Gasteiger charge is 2.31. The maximum Gasteiger partial charge on any atom is 0.416 e. The molecule has 37 heavy (non-hydrogen) atoms. The fourth-order valence-corrected chi connectivity index (χ4v) is 3.80. The third kappa shape index (κ3) is 6.52. The number of halogens is 5. The van der Waals surface area contributed by atoms with Gasteiger partial charge >= 0.3 is 6.18 Å². The first kappa shape index (κ1) is 25.9. The third-order valence-corrected chi connectivity index (χ3v) is 5.68. The summed E-state index contributed by atoms with van der Waals surface area (Å²) in [6.07, 6.45) is -0.894. The van der Waals surface area contributed by atoms with E-state index in [-0.39, 0.29) is 18.7 Å². The number of hydrogen-bond donors (Lipinski definition) is 1. The van der Waals surface area contributed by atoms with Crippen LogP contribution in [-0.2, 0) is 12.6 Å². The van der Waals surface area contributed by atoms with Gasteiger partial charge in [0.2, 0.25) is 0 Å². The highest BCUT2D eigenvalue weighted by molar-refractivity contribution is 6.06. The number of carbonyl (C=O) groups is 1. The Morgan fingerprint density at radius 2 is 1.57 bits per heavy atom. The van der Waals surface area contributed by atoms with Gasteiger partial charge < -0.3 is 10.1 Å². The molecule has 0 aliphatic heterocycles. The van der Waals surface area contributed by atoms with E-state index in [9.17, 15) is 26.7 Å². The lowest BCUT2D eigenvalue weighted by molar-refractivity contribution is -0.137. The quantitative estimate of drug-likeness (QED) is 0.193. The van der Waals surface area contributed by atoms with Crippen molar-refractivity contribution in [3.8, 4) is 5.75 Å². The van der Waals surface area contributed by atoms with Gasteiger partial charge in [0.15, 0.2) is 17.4 Å². The maximum atomic E-state index is 13.6. The first-order chi connectivity index (χ1) is 17.7. The van der Waals surface area contributed by atoms with Gasteiger partial charge in [0, 0.05) is 11.3 Å². The predicted molar refractivity (Wildman–Crippen MR) is 133 cm³/mol. The van der Waals surface area contributed by atoms with E-state index in [0.717, 1.165) is 35.0 Å². The summed E-state index contributed by atoms with van der Waals surface area (Å²) >= 11 is 0. The van der Waals surface area contributed by atoms with E-state index in [4.69, 9.17) is 4.74 Å². The Labute approximate surface area is 210 Å². The van der Waals surface area contributed by atoms with Crippen LogP contribution < -0.4 is 10.1 Å². The average molecular weight is 511 g/mol. The summed E-state index contributed by atoms with van der Waals surface area (Å²) in [7, 11) is 0. The molecule has 1 N–H and O–H groups in total. The molecule has 0 aliphatic carbocycles. The zero-order chi connectivity index (χ0) is 26.4. The third-order valence-electron chi connectivity index (χ3n) is 5.68. The number of rotatable bonds is 8. The zero-order valence-electron chi connectivity index (χ0n) is 19.5. The molecule has 1 amide bonds. The summed E-state index contributed by atoms with van der Waals surface area (Å²) in [4.78, 5) is 12.9. The largest absolute Gasteiger partial charge is 0.483 e. The van der Waals surface area contributed by atoms with Gasteiger partial charge in [-0.2, -0.15) is 13.2 Å². The molecule has 0 saturated heterocycles. The van der Waals surface area contributed by atoms with Crippen molar-refractivity contribution in [3.63, 3.8) is 0 Å². The van der Waals surface area contributed by atoms with E-state index in [1.807, 2.05) is 24.3 Å². The Bertz CT molecular complexity index is 1430. The van der Waals surface area contributed by atoms with Crippen LogP contribution >= 0.6 is 0 Å². The molecule has 0 atom stereocenters. The normalized spacial score (nSPS) is 11.7. The van der Waals surface area contributed by atoms with Gasteiger partial charge in [0.05, 0.1) is 5.56 Å². The number of allylic oxidation sites excluding steroid dienone is 1. The second kappa shape index (κ2) is 11.2. The lowest BCUT2D eigenvalue weighted by atomic mass is 10.0. The van der Waals surface area contributed by atoms with Gasteiger partial charge in [0.25, 0.3) is 5.91 Å². The number of hydrogen-bond acceptors (Lipinski definition) is 2. The summed E-state index contributed by atoms with van der Waals surface area (Å²) in [6.45, 7) is -0.119. The van der Waals surface area contributed by atoms with Gasteiger partial charge in [0.1, 0.15) is 6.61 Å². The van der Waals surface area contributed by atoms with Crippen LogP contribution in [0.2, 0.25) is 0 Å². The number of anilines is 1. The molecule has 0 unspecified atom stereocenters. The number of aryl methyl sites for hydroxylation is 1. The predicted octanol–water partition coefficient (Wildman–Crippen LogP) is 7.96. The van der Waals surface area contributed by atoms with Crippen molar-refractivity contribution in [2.75, 3.05) is 11.9 Å². The molecule has 190 valence electrons. The number of nitrogens with one attached hydrogen (secondary N) is 1. The number of carbonyl (C=O) groups excluding carboxylic acids is 1. The van der Waals surface area contributed by atoms with Crippen LogP contribution in [-0.4, -0.2) is 12.5 Å². The van der Waals surface area contributed by atoms with E-state index in [1.54, 1.807) is 24.3 Å². The molecular formula is C29H22F5NO2. The van der Waals surface area contributed by atoms with Gasteiger partial charge in [-0.15, -0.1) is 0 Å². The van der Waals surface area contributed by atoms with Crippen LogP contribution in [0.3, 0.4) is 0 Å². The molecule has 0 saturated carbocycles. The Morgan fingerprint density at radius 3 is 2.30 bits per heavy atom. The number of alkyl halides is 3. The second-order valence-electron chi connectivity index (χ2n) is 8.26. The van der Waals surface area contributed by atoms with Crippen molar-refractivity contribution >= 4 is 22.4 Å². The fraction of sp³-hybridized carbons (Fsp3) is 0.138. The van der Waals surface area contributed by atoms with Crippen molar-refractivity contribution < 1.29 is 31.5 Å². The highest BCUT2D eigenvalue weighted by atomic mass is 19.4. The smallest absolute Gasteiger partial charge is 0.416 e. The highest BCUT2D eigenvalue weighted by Crippen LogP contribution is 2.32. The number of amides is 1. The first-order valence-electron chi connectivity index (χ1n) is 11.4. The fourth-order valence-electron chi connectivity index (χ4n) is 3.80. The standard InChI is InChI=1S/C29H22F5NO2/c30-24-10-6-11-25(31)27(24)37-16-5-1-2-9-21-18-23(29(32,33)34)14-15-26(21)35-28(36)22-13-12-19-7-3-4-8-20(19)17-22/h1,3-8,10-15,17-18H,2,9,16H2,(H,35,36)/b5-1+. The monoisotopic (exact) mass is 511 g/mol. The lowest BCUT2D eigenvalue weighted by Gasteiger charge is -2.14. The molecular weight excluding hydrogens is 489 g/mol. The summed E-state index contributed by atoms with van der Waals surface area (Å²) in [5, 5.41) is 4.54. The van der Waals surface area contributed by atoms with E-state index in [2.05, 4.69) is 5.32 Å². The van der Waals surface area contributed by atoms with Crippen LogP contribution in [0.1, 0.15) is 27.9 Å². The summed E-state index contributed by atoms with van der Waals surface area (Å²) in [6, 6.07) is 19.2. The van der Waals surface area contributed by atoms with Crippen LogP contribution in [0, 0.1) is 11.6 Å². The van der Waals surface area contributed by atoms with Gasteiger partial charge in [-0.05, 0) is 71.6 Å². The molecule has 3 nitrogen and oxygen atoms in total. The Balaban J connectivity index is 1.45. The summed E-state index contributed by atoms with van der Waals surface area (Å²) < 4.78 is 72.3. The average Bonchev–Trinajstić information content (AvgIpc) is 2.87. The minimum Gasteiger partial charge on any atom is -0.483 e. The Morgan fingerprint density at radius 1 is 0.838 bits per heavy atom. The van der Waals surface area contributed by atoms with Crippen LogP contribution in [0.4, 0.5) is 27.6 Å². The minimum absolute atomic E-state index is 0.119. The molecule has 0 fully saturated rings. The van der Waals surface area contributed by atoms with E-state index in [1.165, 1.54) is 18.2 Å². The molecule has 0 spiro atoms. The maximum absolute atomic E-state index is 13.6. The van der Waals surface area contributed by atoms with Crippen molar-refractivity contribution in [1.29, 1.82) is 0 Å². The summed E-state index contributed by atoms with van der Waals surface area (Å²) in [5.74, 6) is -2.60. The van der Waals surface area contributed by atoms with E-state index >= 15 is 0 Å². The second-order valence-corrected chi connectivity index (χ2v) is 8.26. The molecule has 0 bridgehead atoms. The van der Waals surface area contributed by atoms with Crippen molar-refractivity contribution in [2.24, 2.45) is 0 Å². The van der Waals surface area contributed by atoms with Crippen molar-refractivity contribution in [3.05, 3.63) is 119 Å². The van der Waals surface area contributed by atoms with Gasteiger partial charge in [-0.25, -0.2) is 8.78 Å². The molecule has 0 aromatic heterocycles. The van der Waals surface area contributed by atoms with E-state index in [0.29, 0.717) is 17.5 Å². The first-order valence-corrected chi connectivity index (χ1v) is 11.4. The molecule has 0 radical (unpaired) electrons. The number of ether oxygens (including phenoxy) is 1. The van der Waals surface area contributed by atoms with Crippen molar-refractivity contribution in [2.45, 2.75) is 19.0 Å². The zero-order valence-corrected chi connectivity index (χ0v) is 19.5.